The van der Waals surface area contributed by atoms with Crippen molar-refractivity contribution in [2.24, 2.45) is 10.7 Å². The van der Waals surface area contributed by atoms with E-state index in [1.54, 1.807) is 24.1 Å². The van der Waals surface area contributed by atoms with Crippen molar-refractivity contribution in [2.75, 3.05) is 39.8 Å². The van der Waals surface area contributed by atoms with Crippen molar-refractivity contribution in [3.8, 4) is 0 Å². The summed E-state index contributed by atoms with van der Waals surface area (Å²) in [5, 5.41) is 14.5. The van der Waals surface area contributed by atoms with Crippen LogP contribution in [-0.4, -0.2) is 80.4 Å². The molecule has 2 atom stereocenters. The smallest absolute Gasteiger partial charge is 0.251 e. The van der Waals surface area contributed by atoms with E-state index in [0.717, 1.165) is 10.8 Å². The molecule has 1 aliphatic heterocycles. The van der Waals surface area contributed by atoms with E-state index in [2.05, 4.69) is 26.3 Å². The number of benzene rings is 4. The zero-order chi connectivity index (χ0) is 33.3. The van der Waals surface area contributed by atoms with Gasteiger partial charge < -0.3 is 31.9 Å². The molecule has 0 saturated carbocycles. The molecule has 246 valence electrons. The summed E-state index contributed by atoms with van der Waals surface area (Å²) in [4.78, 5) is 44.6. The summed E-state index contributed by atoms with van der Waals surface area (Å²) >= 11 is 0. The number of rotatable bonds is 11. The van der Waals surface area contributed by atoms with Gasteiger partial charge in [0.15, 0.2) is 5.96 Å². The SMILES string of the molecule is CN=C(N)NCCCC1NC(CNC(=O)c2ccc3ccccc3c2)CCN(CCNC(=O)c2ccccc2)C1=O.c1ccccc1. The van der Waals surface area contributed by atoms with Gasteiger partial charge in [0, 0.05) is 56.9 Å². The van der Waals surface area contributed by atoms with Gasteiger partial charge in [-0.2, -0.15) is 0 Å². The number of hydrogen-bond acceptors (Lipinski definition) is 5. The van der Waals surface area contributed by atoms with E-state index >= 15 is 0 Å². The third-order valence-electron chi connectivity index (χ3n) is 7.90. The van der Waals surface area contributed by atoms with Crippen LogP contribution in [0.5, 0.6) is 0 Å². The average molecular weight is 636 g/mol. The van der Waals surface area contributed by atoms with Gasteiger partial charge in [-0.25, -0.2) is 0 Å². The Kier molecular flexibility index (Phi) is 13.8. The van der Waals surface area contributed by atoms with Crippen molar-refractivity contribution in [3.05, 3.63) is 120 Å². The second-order valence-corrected chi connectivity index (χ2v) is 11.3. The lowest BCUT2D eigenvalue weighted by Crippen LogP contribution is -2.49. The molecular weight excluding hydrogens is 590 g/mol. The highest BCUT2D eigenvalue weighted by Gasteiger charge is 2.30. The topological polar surface area (TPSA) is 141 Å². The fraction of sp³-hybridized carbons (Fsp3) is 0.297. The van der Waals surface area contributed by atoms with Gasteiger partial charge in [-0.1, -0.05) is 84.9 Å². The number of aliphatic imine (C=N–C) groups is 1. The molecule has 1 heterocycles. The monoisotopic (exact) mass is 635 g/mol. The molecule has 6 N–H and O–H groups in total. The van der Waals surface area contributed by atoms with Gasteiger partial charge in [0.1, 0.15) is 0 Å². The molecule has 1 fully saturated rings. The normalized spacial score (nSPS) is 16.4. The van der Waals surface area contributed by atoms with E-state index in [1.165, 1.54) is 0 Å². The minimum absolute atomic E-state index is 0.0144. The summed E-state index contributed by atoms with van der Waals surface area (Å²) in [6, 6.07) is 34.1. The van der Waals surface area contributed by atoms with Crippen LogP contribution in [0.1, 0.15) is 40.0 Å². The highest BCUT2D eigenvalue weighted by Crippen LogP contribution is 2.16. The van der Waals surface area contributed by atoms with E-state index in [9.17, 15) is 14.4 Å². The Morgan fingerprint density at radius 1 is 0.809 bits per heavy atom. The van der Waals surface area contributed by atoms with Crippen molar-refractivity contribution in [2.45, 2.75) is 31.3 Å². The Morgan fingerprint density at radius 3 is 2.15 bits per heavy atom. The fourth-order valence-electron chi connectivity index (χ4n) is 5.30. The van der Waals surface area contributed by atoms with Crippen LogP contribution >= 0.6 is 0 Å². The third-order valence-corrected chi connectivity index (χ3v) is 7.90. The van der Waals surface area contributed by atoms with E-state index in [1.807, 2.05) is 97.1 Å². The van der Waals surface area contributed by atoms with Crippen molar-refractivity contribution >= 4 is 34.5 Å². The van der Waals surface area contributed by atoms with Gasteiger partial charge in [0.05, 0.1) is 6.04 Å². The number of fused-ring (bicyclic) bond motifs is 1. The van der Waals surface area contributed by atoms with Gasteiger partial charge >= 0.3 is 0 Å². The highest BCUT2D eigenvalue weighted by atomic mass is 16.2. The minimum atomic E-state index is -0.425. The Labute approximate surface area is 276 Å². The molecule has 3 amide bonds. The fourth-order valence-corrected chi connectivity index (χ4v) is 5.30. The van der Waals surface area contributed by atoms with Crippen LogP contribution in [0.4, 0.5) is 0 Å². The summed E-state index contributed by atoms with van der Waals surface area (Å²) < 4.78 is 0. The van der Waals surface area contributed by atoms with Crippen LogP contribution in [0, 0.1) is 0 Å². The third kappa shape index (κ3) is 11.3. The molecule has 10 heteroatoms. The minimum Gasteiger partial charge on any atom is -0.370 e. The van der Waals surface area contributed by atoms with Crippen LogP contribution in [0.25, 0.3) is 10.8 Å². The van der Waals surface area contributed by atoms with Gasteiger partial charge in [0.25, 0.3) is 11.8 Å². The van der Waals surface area contributed by atoms with Gasteiger partial charge in [-0.05, 0) is 54.3 Å². The standard InChI is InChI=1S/C31H39N7O3.C6H6/c1-33-31(32)35-16-7-12-27-30(41)38(19-17-34-28(39)23-9-3-2-4-10-23)18-15-26(37-27)21-36-29(40)25-14-13-22-8-5-6-11-24(22)20-25;1-2-4-6-5-3-1/h2-6,8-11,13-14,20,26-27,37H,7,12,15-19,21H2,1H3,(H,34,39)(H,36,40)(H3,32,33,35);1-6H. The van der Waals surface area contributed by atoms with E-state index in [4.69, 9.17) is 5.73 Å². The number of nitrogens with one attached hydrogen (secondary N) is 4. The molecule has 10 nitrogen and oxygen atoms in total. The van der Waals surface area contributed by atoms with E-state index in [-0.39, 0.29) is 23.8 Å². The first-order valence-corrected chi connectivity index (χ1v) is 16.1. The number of carbonyl (C=O) groups excluding carboxylic acids is 3. The van der Waals surface area contributed by atoms with Crippen LogP contribution < -0.4 is 27.0 Å². The summed E-state index contributed by atoms with van der Waals surface area (Å²) in [6.45, 7) is 2.25. The van der Waals surface area contributed by atoms with Crippen molar-refractivity contribution in [3.63, 3.8) is 0 Å². The summed E-state index contributed by atoms with van der Waals surface area (Å²) in [5.74, 6) is 0.0245. The molecule has 0 bridgehead atoms. The Morgan fingerprint density at radius 2 is 1.45 bits per heavy atom. The van der Waals surface area contributed by atoms with Crippen LogP contribution in [0.15, 0.2) is 114 Å². The lowest BCUT2D eigenvalue weighted by Gasteiger charge is -2.25. The predicted molar refractivity (Wildman–Crippen MR) is 188 cm³/mol. The first kappa shape index (κ1) is 34.6. The number of nitrogens with two attached hydrogens (primary N) is 1. The van der Waals surface area contributed by atoms with E-state index in [0.29, 0.717) is 69.1 Å². The highest BCUT2D eigenvalue weighted by molar-refractivity contribution is 5.98. The molecule has 4 aromatic rings. The van der Waals surface area contributed by atoms with Crippen LogP contribution in [0.2, 0.25) is 0 Å². The molecule has 0 radical (unpaired) electrons. The maximum Gasteiger partial charge on any atom is 0.251 e. The van der Waals surface area contributed by atoms with Crippen LogP contribution in [0.3, 0.4) is 0 Å². The first-order valence-electron chi connectivity index (χ1n) is 16.1. The number of carbonyl (C=O) groups is 3. The van der Waals surface area contributed by atoms with Crippen LogP contribution in [-0.2, 0) is 4.79 Å². The lowest BCUT2D eigenvalue weighted by molar-refractivity contribution is -0.132. The zero-order valence-corrected chi connectivity index (χ0v) is 26.9. The van der Waals surface area contributed by atoms with Crippen molar-refractivity contribution < 1.29 is 14.4 Å². The maximum atomic E-state index is 13.5. The quantitative estimate of drug-likeness (QED) is 0.0970. The predicted octanol–water partition coefficient (Wildman–Crippen LogP) is 3.56. The number of guanidine groups is 1. The van der Waals surface area contributed by atoms with Crippen molar-refractivity contribution in [1.82, 2.24) is 26.2 Å². The molecule has 1 aliphatic rings. The van der Waals surface area contributed by atoms with Crippen molar-refractivity contribution in [1.29, 1.82) is 0 Å². The molecular formula is C37H45N7O3. The van der Waals surface area contributed by atoms with E-state index < -0.39 is 6.04 Å². The summed E-state index contributed by atoms with van der Waals surface area (Å²) in [7, 11) is 1.62. The second kappa shape index (κ2) is 18.7. The molecule has 0 aromatic heterocycles. The second-order valence-electron chi connectivity index (χ2n) is 11.3. The number of nitrogens with zero attached hydrogens (tertiary/aromatic N) is 2. The molecule has 5 rings (SSSR count). The number of amides is 3. The van der Waals surface area contributed by atoms with Gasteiger partial charge in [0.2, 0.25) is 5.91 Å². The van der Waals surface area contributed by atoms with Gasteiger partial charge in [-0.15, -0.1) is 0 Å². The average Bonchev–Trinajstić information content (AvgIpc) is 3.27. The summed E-state index contributed by atoms with van der Waals surface area (Å²) in [6.07, 6.45) is 1.96. The molecule has 0 spiro atoms. The first-order chi connectivity index (χ1) is 22.9. The molecule has 1 saturated heterocycles. The zero-order valence-electron chi connectivity index (χ0n) is 26.9. The Hall–Kier alpha value is -5.22. The lowest BCUT2D eigenvalue weighted by atomic mass is 10.1. The molecule has 4 aromatic carbocycles. The largest absolute Gasteiger partial charge is 0.370 e. The molecule has 0 aliphatic carbocycles. The molecule has 2 unspecified atom stereocenters. The maximum absolute atomic E-state index is 13.5. The Bertz CT molecular complexity index is 1570. The molecule has 47 heavy (non-hydrogen) atoms. The number of hydrogen-bond donors (Lipinski definition) is 5. The Balaban J connectivity index is 0.000000748. The van der Waals surface area contributed by atoms with Gasteiger partial charge in [-0.3, -0.25) is 19.4 Å². The summed E-state index contributed by atoms with van der Waals surface area (Å²) in [5.41, 5.74) is 6.91.